The Hall–Kier alpha value is -2.21. The van der Waals surface area contributed by atoms with Gasteiger partial charge in [0.05, 0.1) is 11.1 Å². The molecule has 1 aliphatic rings. The van der Waals surface area contributed by atoms with Gasteiger partial charge >= 0.3 is 0 Å². The van der Waals surface area contributed by atoms with Crippen LogP contribution in [0.15, 0.2) is 24.3 Å². The zero-order valence-electron chi connectivity index (χ0n) is 14.4. The predicted octanol–water partition coefficient (Wildman–Crippen LogP) is 1.52. The first-order chi connectivity index (χ1) is 11.6. The van der Waals surface area contributed by atoms with Crippen molar-refractivity contribution >= 4 is 17.7 Å². The van der Waals surface area contributed by atoms with Gasteiger partial charge in [-0.2, -0.15) is 0 Å². The predicted molar refractivity (Wildman–Crippen MR) is 91.8 cm³/mol. The summed E-state index contributed by atoms with van der Waals surface area (Å²) in [4.78, 5) is 39.7. The zero-order chi connectivity index (χ0) is 17.5. The van der Waals surface area contributed by atoms with Gasteiger partial charge in [-0.25, -0.2) is 0 Å². The maximum Gasteiger partial charge on any atom is 0.261 e. The van der Waals surface area contributed by atoms with Crippen molar-refractivity contribution < 1.29 is 14.4 Å². The number of carbonyl (C=O) groups is 3. The molecule has 0 saturated carbocycles. The lowest BCUT2D eigenvalue weighted by Crippen LogP contribution is -2.35. The molecule has 6 nitrogen and oxygen atoms in total. The number of nitrogens with zero attached hydrogens (tertiary/aromatic N) is 2. The molecule has 6 heteroatoms. The molecule has 3 amide bonds. The van der Waals surface area contributed by atoms with Crippen LogP contribution in [0.3, 0.4) is 0 Å². The van der Waals surface area contributed by atoms with Crippen LogP contribution in [-0.2, 0) is 4.79 Å². The minimum absolute atomic E-state index is 0.119. The Morgan fingerprint density at radius 1 is 1.08 bits per heavy atom. The fourth-order valence-corrected chi connectivity index (χ4v) is 2.81. The molecule has 1 aromatic rings. The Morgan fingerprint density at radius 3 is 2.21 bits per heavy atom. The fraction of sp³-hybridized carbons (Fsp3) is 0.500. The van der Waals surface area contributed by atoms with E-state index in [1.807, 2.05) is 0 Å². The Morgan fingerprint density at radius 2 is 1.67 bits per heavy atom. The summed E-state index contributed by atoms with van der Waals surface area (Å²) in [6, 6.07) is 6.75. The van der Waals surface area contributed by atoms with E-state index in [2.05, 4.69) is 24.1 Å². The summed E-state index contributed by atoms with van der Waals surface area (Å²) in [5.74, 6) is -0.763. The first kappa shape index (κ1) is 18.1. The monoisotopic (exact) mass is 331 g/mol. The highest BCUT2D eigenvalue weighted by Gasteiger charge is 2.34. The third-order valence-electron chi connectivity index (χ3n) is 4.31. The van der Waals surface area contributed by atoms with Crippen molar-refractivity contribution in [1.29, 1.82) is 0 Å². The molecule has 0 spiro atoms. The van der Waals surface area contributed by atoms with E-state index in [9.17, 15) is 14.4 Å². The standard InChI is InChI=1S/C18H25N3O3/c1-3-20(4-2)12-7-11-19-16(22)10-13-21-17(23)14-8-5-6-9-15(14)18(21)24/h5-6,8-9H,3-4,7,10-13H2,1-2H3,(H,19,22). The van der Waals surface area contributed by atoms with E-state index in [4.69, 9.17) is 0 Å². The summed E-state index contributed by atoms with van der Waals surface area (Å²) in [5, 5.41) is 2.85. The molecular weight excluding hydrogens is 306 g/mol. The summed E-state index contributed by atoms with van der Waals surface area (Å²) in [6.07, 6.45) is 1.02. The van der Waals surface area contributed by atoms with Gasteiger partial charge in [0.15, 0.2) is 0 Å². The number of imide groups is 1. The molecule has 0 bridgehead atoms. The van der Waals surface area contributed by atoms with Crippen LogP contribution >= 0.6 is 0 Å². The topological polar surface area (TPSA) is 69.7 Å². The minimum atomic E-state index is -0.315. The van der Waals surface area contributed by atoms with E-state index < -0.39 is 0 Å². The van der Waals surface area contributed by atoms with Gasteiger partial charge in [-0.05, 0) is 38.2 Å². The molecule has 1 N–H and O–H groups in total. The molecule has 1 heterocycles. The normalized spacial score (nSPS) is 13.5. The highest BCUT2D eigenvalue weighted by molar-refractivity contribution is 6.21. The summed E-state index contributed by atoms with van der Waals surface area (Å²) in [6.45, 7) is 7.92. The van der Waals surface area contributed by atoms with Crippen molar-refractivity contribution in [2.24, 2.45) is 0 Å². The molecular formula is C18H25N3O3. The van der Waals surface area contributed by atoms with Crippen LogP contribution in [0.5, 0.6) is 0 Å². The lowest BCUT2D eigenvalue weighted by Gasteiger charge is -2.18. The highest BCUT2D eigenvalue weighted by Crippen LogP contribution is 2.22. The van der Waals surface area contributed by atoms with Crippen LogP contribution in [-0.4, -0.2) is 60.2 Å². The van der Waals surface area contributed by atoms with Crippen LogP contribution in [0.4, 0.5) is 0 Å². The number of hydrogen-bond donors (Lipinski definition) is 1. The molecule has 0 atom stereocenters. The van der Waals surface area contributed by atoms with E-state index in [-0.39, 0.29) is 30.7 Å². The fourth-order valence-electron chi connectivity index (χ4n) is 2.81. The molecule has 24 heavy (non-hydrogen) atoms. The third kappa shape index (κ3) is 4.20. The van der Waals surface area contributed by atoms with Crippen LogP contribution < -0.4 is 5.32 Å². The second-order valence-corrected chi connectivity index (χ2v) is 5.79. The zero-order valence-corrected chi connectivity index (χ0v) is 14.4. The van der Waals surface area contributed by atoms with Crippen LogP contribution in [0.2, 0.25) is 0 Å². The lowest BCUT2D eigenvalue weighted by molar-refractivity contribution is -0.121. The molecule has 0 unspecified atom stereocenters. The van der Waals surface area contributed by atoms with E-state index in [0.29, 0.717) is 17.7 Å². The van der Waals surface area contributed by atoms with Gasteiger partial charge in [0.2, 0.25) is 5.91 Å². The van der Waals surface area contributed by atoms with Crippen molar-refractivity contribution in [3.63, 3.8) is 0 Å². The number of carbonyl (C=O) groups excluding carboxylic acids is 3. The lowest BCUT2D eigenvalue weighted by atomic mass is 10.1. The molecule has 0 radical (unpaired) electrons. The third-order valence-corrected chi connectivity index (χ3v) is 4.31. The van der Waals surface area contributed by atoms with Crippen molar-refractivity contribution in [3.05, 3.63) is 35.4 Å². The molecule has 0 aliphatic carbocycles. The quantitative estimate of drug-likeness (QED) is 0.550. The maximum absolute atomic E-state index is 12.2. The Kier molecular flexibility index (Phi) is 6.49. The maximum atomic E-state index is 12.2. The number of rotatable bonds is 9. The smallest absolute Gasteiger partial charge is 0.261 e. The number of nitrogens with one attached hydrogen (secondary N) is 1. The van der Waals surface area contributed by atoms with Gasteiger partial charge in [0.25, 0.3) is 11.8 Å². The summed E-state index contributed by atoms with van der Waals surface area (Å²) >= 11 is 0. The first-order valence-corrected chi connectivity index (χ1v) is 8.52. The molecule has 1 aliphatic heterocycles. The van der Waals surface area contributed by atoms with Gasteiger partial charge in [-0.1, -0.05) is 26.0 Å². The Balaban J connectivity index is 1.73. The van der Waals surface area contributed by atoms with Crippen molar-refractivity contribution in [2.45, 2.75) is 26.7 Å². The van der Waals surface area contributed by atoms with Crippen molar-refractivity contribution in [3.8, 4) is 0 Å². The number of benzene rings is 1. The average molecular weight is 331 g/mol. The minimum Gasteiger partial charge on any atom is -0.356 e. The van der Waals surface area contributed by atoms with Crippen LogP contribution in [0.1, 0.15) is 47.4 Å². The Labute approximate surface area is 142 Å². The van der Waals surface area contributed by atoms with Gasteiger partial charge in [0, 0.05) is 19.5 Å². The summed E-state index contributed by atoms with van der Waals surface area (Å²) in [7, 11) is 0. The SMILES string of the molecule is CCN(CC)CCCNC(=O)CCN1C(=O)c2ccccc2C1=O. The molecule has 0 fully saturated rings. The molecule has 1 aromatic carbocycles. The van der Waals surface area contributed by atoms with E-state index >= 15 is 0 Å². The van der Waals surface area contributed by atoms with Crippen LogP contribution in [0.25, 0.3) is 0 Å². The number of hydrogen-bond acceptors (Lipinski definition) is 4. The summed E-state index contributed by atoms with van der Waals surface area (Å²) in [5.41, 5.74) is 0.837. The first-order valence-electron chi connectivity index (χ1n) is 8.52. The van der Waals surface area contributed by atoms with Gasteiger partial charge in [-0.3, -0.25) is 19.3 Å². The Bertz CT molecular complexity index is 576. The number of amides is 3. The largest absolute Gasteiger partial charge is 0.356 e. The van der Waals surface area contributed by atoms with Crippen molar-refractivity contribution in [2.75, 3.05) is 32.7 Å². The number of fused-ring (bicyclic) bond motifs is 1. The van der Waals surface area contributed by atoms with Gasteiger partial charge < -0.3 is 10.2 Å². The van der Waals surface area contributed by atoms with Gasteiger partial charge in [-0.15, -0.1) is 0 Å². The summed E-state index contributed by atoms with van der Waals surface area (Å²) < 4.78 is 0. The second-order valence-electron chi connectivity index (χ2n) is 5.79. The molecule has 2 rings (SSSR count). The average Bonchev–Trinajstić information content (AvgIpc) is 2.84. The van der Waals surface area contributed by atoms with E-state index in [1.165, 1.54) is 0 Å². The molecule has 130 valence electrons. The van der Waals surface area contributed by atoms with Crippen LogP contribution in [0, 0.1) is 0 Å². The van der Waals surface area contributed by atoms with Crippen molar-refractivity contribution in [1.82, 2.24) is 15.1 Å². The van der Waals surface area contributed by atoms with E-state index in [1.54, 1.807) is 24.3 Å². The van der Waals surface area contributed by atoms with Gasteiger partial charge in [0.1, 0.15) is 0 Å². The van der Waals surface area contributed by atoms with E-state index in [0.717, 1.165) is 31.0 Å². The molecule has 0 saturated heterocycles. The second kappa shape index (κ2) is 8.59. The molecule has 0 aromatic heterocycles. The highest BCUT2D eigenvalue weighted by atomic mass is 16.2.